The van der Waals surface area contributed by atoms with Crippen molar-refractivity contribution in [2.75, 3.05) is 0 Å². The molecule has 0 bridgehead atoms. The van der Waals surface area contributed by atoms with Crippen molar-refractivity contribution in [1.29, 1.82) is 0 Å². The first-order valence-electron chi connectivity index (χ1n) is 7.57. The van der Waals surface area contributed by atoms with Crippen molar-refractivity contribution in [2.24, 2.45) is 0 Å². The van der Waals surface area contributed by atoms with E-state index in [1.165, 1.54) is 63.9 Å². The summed E-state index contributed by atoms with van der Waals surface area (Å²) < 4.78 is 0. The molecule has 0 radical (unpaired) electrons. The SMILES string of the molecule is CCCCCCCCCCCC=CC=CC(O)(O)O. The van der Waals surface area contributed by atoms with Gasteiger partial charge in [-0.15, -0.1) is 0 Å². The van der Waals surface area contributed by atoms with E-state index in [1.54, 1.807) is 6.08 Å². The average molecular weight is 270 g/mol. The number of aliphatic hydroxyl groups is 3. The Hall–Kier alpha value is -0.640. The van der Waals surface area contributed by atoms with Crippen molar-refractivity contribution in [3.63, 3.8) is 0 Å². The first kappa shape index (κ1) is 18.4. The highest BCUT2D eigenvalue weighted by molar-refractivity contribution is 5.04. The summed E-state index contributed by atoms with van der Waals surface area (Å²) in [5.74, 6) is -2.69. The van der Waals surface area contributed by atoms with Crippen LogP contribution in [0.4, 0.5) is 0 Å². The molecule has 0 amide bonds. The molecule has 0 saturated heterocycles. The maximum absolute atomic E-state index is 8.59. The zero-order chi connectivity index (χ0) is 14.4. The van der Waals surface area contributed by atoms with Crippen LogP contribution in [0.2, 0.25) is 0 Å². The summed E-state index contributed by atoms with van der Waals surface area (Å²) in [5, 5.41) is 25.8. The monoisotopic (exact) mass is 270 g/mol. The van der Waals surface area contributed by atoms with E-state index in [4.69, 9.17) is 15.3 Å². The predicted octanol–water partition coefficient (Wildman–Crippen LogP) is 3.65. The van der Waals surface area contributed by atoms with Crippen LogP contribution in [-0.2, 0) is 0 Å². The molecule has 0 aromatic heterocycles. The van der Waals surface area contributed by atoms with Gasteiger partial charge in [0.1, 0.15) is 0 Å². The normalized spacial score (nSPS) is 12.8. The van der Waals surface area contributed by atoms with E-state index in [0.717, 1.165) is 12.5 Å². The van der Waals surface area contributed by atoms with Crippen LogP contribution in [-0.4, -0.2) is 21.3 Å². The molecule has 0 aliphatic heterocycles. The van der Waals surface area contributed by atoms with Gasteiger partial charge in [-0.05, 0) is 12.8 Å². The molecule has 0 heterocycles. The molecule has 0 saturated carbocycles. The third-order valence-corrected chi connectivity index (χ3v) is 3.04. The Balaban J connectivity index is 3.23. The largest absolute Gasteiger partial charge is 0.340 e. The Morgan fingerprint density at radius 1 is 0.737 bits per heavy atom. The molecule has 0 fully saturated rings. The van der Waals surface area contributed by atoms with E-state index in [-0.39, 0.29) is 0 Å². The summed E-state index contributed by atoms with van der Waals surface area (Å²) in [6, 6.07) is 0. The van der Waals surface area contributed by atoms with Gasteiger partial charge in [-0.2, -0.15) is 0 Å². The summed E-state index contributed by atoms with van der Waals surface area (Å²) in [5.41, 5.74) is 0. The molecular weight excluding hydrogens is 240 g/mol. The van der Waals surface area contributed by atoms with Crippen LogP contribution in [0.1, 0.15) is 71.1 Å². The summed E-state index contributed by atoms with van der Waals surface area (Å²) in [6.07, 6.45) is 18.9. The second-order valence-electron chi connectivity index (χ2n) is 5.09. The zero-order valence-electron chi connectivity index (χ0n) is 12.2. The highest BCUT2D eigenvalue weighted by Crippen LogP contribution is 2.10. The van der Waals surface area contributed by atoms with Gasteiger partial charge in [-0.25, -0.2) is 0 Å². The second kappa shape index (κ2) is 12.4. The van der Waals surface area contributed by atoms with Crippen molar-refractivity contribution in [1.82, 2.24) is 0 Å². The Morgan fingerprint density at radius 2 is 1.26 bits per heavy atom. The van der Waals surface area contributed by atoms with Crippen molar-refractivity contribution in [3.8, 4) is 0 Å². The van der Waals surface area contributed by atoms with Crippen LogP contribution in [0.25, 0.3) is 0 Å². The van der Waals surface area contributed by atoms with E-state index < -0.39 is 5.97 Å². The van der Waals surface area contributed by atoms with Crippen LogP contribution in [0, 0.1) is 0 Å². The van der Waals surface area contributed by atoms with Crippen LogP contribution < -0.4 is 0 Å². The fraction of sp³-hybridized carbons (Fsp3) is 0.750. The van der Waals surface area contributed by atoms with Gasteiger partial charge in [0, 0.05) is 6.08 Å². The Labute approximate surface area is 117 Å². The van der Waals surface area contributed by atoms with Gasteiger partial charge in [0.25, 0.3) is 5.97 Å². The number of hydrogen-bond donors (Lipinski definition) is 3. The maximum Gasteiger partial charge on any atom is 0.297 e. The highest BCUT2D eigenvalue weighted by Gasteiger charge is 2.10. The van der Waals surface area contributed by atoms with Gasteiger partial charge in [0.2, 0.25) is 0 Å². The summed E-state index contributed by atoms with van der Waals surface area (Å²) in [6.45, 7) is 2.24. The van der Waals surface area contributed by atoms with Crippen LogP contribution in [0.3, 0.4) is 0 Å². The summed E-state index contributed by atoms with van der Waals surface area (Å²) in [7, 11) is 0. The molecule has 0 atom stereocenters. The molecule has 0 unspecified atom stereocenters. The molecule has 3 N–H and O–H groups in total. The molecular formula is C16H30O3. The lowest BCUT2D eigenvalue weighted by Gasteiger charge is -2.05. The minimum atomic E-state index is -2.69. The van der Waals surface area contributed by atoms with Crippen molar-refractivity contribution < 1.29 is 15.3 Å². The lowest BCUT2D eigenvalue weighted by molar-refractivity contribution is -0.273. The summed E-state index contributed by atoms with van der Waals surface area (Å²) in [4.78, 5) is 0. The number of unbranched alkanes of at least 4 members (excludes halogenated alkanes) is 9. The quantitative estimate of drug-likeness (QED) is 0.288. The Morgan fingerprint density at radius 3 is 1.79 bits per heavy atom. The third kappa shape index (κ3) is 17.4. The van der Waals surface area contributed by atoms with Crippen LogP contribution in [0.5, 0.6) is 0 Å². The van der Waals surface area contributed by atoms with Crippen molar-refractivity contribution in [2.45, 2.75) is 77.1 Å². The first-order chi connectivity index (χ1) is 9.06. The van der Waals surface area contributed by atoms with Crippen LogP contribution in [0.15, 0.2) is 24.3 Å². The fourth-order valence-electron chi connectivity index (χ4n) is 1.93. The zero-order valence-corrected chi connectivity index (χ0v) is 12.2. The van der Waals surface area contributed by atoms with E-state index in [9.17, 15) is 0 Å². The minimum absolute atomic E-state index is 0.930. The van der Waals surface area contributed by atoms with Crippen molar-refractivity contribution >= 4 is 0 Å². The van der Waals surface area contributed by atoms with Crippen LogP contribution >= 0.6 is 0 Å². The Kier molecular flexibility index (Phi) is 12.0. The van der Waals surface area contributed by atoms with E-state index in [0.29, 0.717) is 0 Å². The highest BCUT2D eigenvalue weighted by atomic mass is 16.7. The lowest BCUT2D eigenvalue weighted by Crippen LogP contribution is -2.22. The van der Waals surface area contributed by atoms with Gasteiger partial charge in [0.15, 0.2) is 0 Å². The molecule has 0 aromatic rings. The minimum Gasteiger partial charge on any atom is -0.340 e. The average Bonchev–Trinajstić information content (AvgIpc) is 2.34. The van der Waals surface area contributed by atoms with Gasteiger partial charge in [-0.1, -0.05) is 76.5 Å². The summed E-state index contributed by atoms with van der Waals surface area (Å²) >= 11 is 0. The molecule has 0 rings (SSSR count). The van der Waals surface area contributed by atoms with Gasteiger partial charge in [-0.3, -0.25) is 0 Å². The van der Waals surface area contributed by atoms with E-state index >= 15 is 0 Å². The predicted molar refractivity (Wildman–Crippen MR) is 79.5 cm³/mol. The van der Waals surface area contributed by atoms with Gasteiger partial charge < -0.3 is 15.3 Å². The molecule has 3 heteroatoms. The molecule has 0 spiro atoms. The van der Waals surface area contributed by atoms with Gasteiger partial charge in [0.05, 0.1) is 0 Å². The standard InChI is InChI=1S/C16H30O3/c1-2-3-4-5-6-7-8-9-10-11-12-13-14-15-16(17,18)19/h12-15,17-19H,2-11H2,1H3. The van der Waals surface area contributed by atoms with Gasteiger partial charge >= 0.3 is 0 Å². The second-order valence-corrected chi connectivity index (χ2v) is 5.09. The lowest BCUT2D eigenvalue weighted by atomic mass is 10.1. The van der Waals surface area contributed by atoms with E-state index in [1.807, 2.05) is 6.08 Å². The van der Waals surface area contributed by atoms with E-state index in [2.05, 4.69) is 6.92 Å². The molecule has 19 heavy (non-hydrogen) atoms. The number of allylic oxidation sites excluding steroid dienone is 3. The smallest absolute Gasteiger partial charge is 0.297 e. The molecule has 0 aromatic carbocycles. The number of rotatable bonds is 12. The molecule has 0 aliphatic carbocycles. The topological polar surface area (TPSA) is 60.7 Å². The first-order valence-corrected chi connectivity index (χ1v) is 7.57. The fourth-order valence-corrected chi connectivity index (χ4v) is 1.93. The molecule has 0 aliphatic rings. The number of hydrogen-bond acceptors (Lipinski definition) is 3. The maximum atomic E-state index is 8.59. The molecule has 112 valence electrons. The Bertz CT molecular complexity index is 239. The van der Waals surface area contributed by atoms with Crippen molar-refractivity contribution in [3.05, 3.63) is 24.3 Å². The molecule has 3 nitrogen and oxygen atoms in total. The third-order valence-electron chi connectivity index (χ3n) is 3.04.